The highest BCUT2D eigenvalue weighted by molar-refractivity contribution is 6.04. The van der Waals surface area contributed by atoms with E-state index in [1.165, 1.54) is 0 Å². The van der Waals surface area contributed by atoms with Gasteiger partial charge in [0.15, 0.2) is 5.58 Å². The molecule has 2 heterocycles. The van der Waals surface area contributed by atoms with Crippen LogP contribution in [0.15, 0.2) is 77.2 Å². The molecule has 0 unspecified atom stereocenters. The maximum atomic E-state index is 12.6. The molecular formula is C28H27N3O5. The number of nitrogens with zero attached hydrogens (tertiary/aromatic N) is 2. The van der Waals surface area contributed by atoms with Gasteiger partial charge in [-0.25, -0.2) is 0 Å². The summed E-state index contributed by atoms with van der Waals surface area (Å²) >= 11 is 0. The van der Waals surface area contributed by atoms with Crippen LogP contribution in [0.2, 0.25) is 0 Å². The summed E-state index contributed by atoms with van der Waals surface area (Å²) in [6.07, 6.45) is 1.37. The van der Waals surface area contributed by atoms with Crippen LogP contribution in [0, 0.1) is 5.92 Å². The van der Waals surface area contributed by atoms with Crippen molar-refractivity contribution in [1.82, 2.24) is 4.98 Å². The molecule has 5 rings (SSSR count). The number of carbonyl (C=O) groups is 2. The van der Waals surface area contributed by atoms with Crippen LogP contribution in [0.5, 0.6) is 5.75 Å². The Bertz CT molecular complexity index is 1310. The highest BCUT2D eigenvalue weighted by Gasteiger charge is 2.28. The van der Waals surface area contributed by atoms with Gasteiger partial charge in [-0.2, -0.15) is 4.98 Å². The van der Waals surface area contributed by atoms with E-state index >= 15 is 0 Å². The number of oxazole rings is 1. The Labute approximate surface area is 208 Å². The molecule has 36 heavy (non-hydrogen) atoms. The SMILES string of the molecule is COc1ccc(NC(=O)c2ccc(COC(=O)C3CCN(c4nc5ccccc5o4)CC3)cc2)cc1. The van der Waals surface area contributed by atoms with E-state index in [0.717, 1.165) is 22.4 Å². The standard InChI is InChI=1S/C28H27N3O5/c1-34-23-12-10-22(11-13-23)29-26(32)20-8-6-19(7-9-20)18-35-27(33)21-14-16-31(17-15-21)28-30-24-4-2-3-5-25(24)36-28/h2-13,21H,14-18H2,1H3,(H,29,32). The second-order valence-corrected chi connectivity index (χ2v) is 8.71. The zero-order valence-electron chi connectivity index (χ0n) is 20.0. The predicted octanol–water partition coefficient (Wildman–Crippen LogP) is 5.05. The van der Waals surface area contributed by atoms with Crippen LogP contribution in [-0.4, -0.2) is 37.1 Å². The monoisotopic (exact) mass is 485 g/mol. The maximum absolute atomic E-state index is 12.6. The lowest BCUT2D eigenvalue weighted by atomic mass is 9.97. The molecule has 0 spiro atoms. The number of hydrogen-bond donors (Lipinski definition) is 1. The number of hydrogen-bond acceptors (Lipinski definition) is 7. The molecule has 4 aromatic rings. The molecule has 0 bridgehead atoms. The third-order valence-electron chi connectivity index (χ3n) is 6.33. The summed E-state index contributed by atoms with van der Waals surface area (Å²) in [5.41, 5.74) is 3.62. The van der Waals surface area contributed by atoms with Gasteiger partial charge in [0, 0.05) is 24.3 Å². The fraction of sp³-hybridized carbons (Fsp3) is 0.250. The van der Waals surface area contributed by atoms with Gasteiger partial charge < -0.3 is 24.1 Å². The van der Waals surface area contributed by atoms with E-state index in [1.54, 1.807) is 55.6 Å². The Morgan fingerprint density at radius 1 is 1.00 bits per heavy atom. The molecule has 1 aromatic heterocycles. The summed E-state index contributed by atoms with van der Waals surface area (Å²) < 4.78 is 16.5. The lowest BCUT2D eigenvalue weighted by Crippen LogP contribution is -2.37. The molecule has 1 aliphatic heterocycles. The summed E-state index contributed by atoms with van der Waals surface area (Å²) in [6, 6.07) is 22.4. The van der Waals surface area contributed by atoms with E-state index < -0.39 is 0 Å². The maximum Gasteiger partial charge on any atom is 0.309 e. The fourth-order valence-corrected chi connectivity index (χ4v) is 4.20. The Morgan fingerprint density at radius 2 is 1.72 bits per heavy atom. The highest BCUT2D eigenvalue weighted by atomic mass is 16.5. The van der Waals surface area contributed by atoms with Crippen LogP contribution < -0.4 is 15.0 Å². The normalized spacial score (nSPS) is 14.0. The molecule has 8 nitrogen and oxygen atoms in total. The molecule has 3 aromatic carbocycles. The quantitative estimate of drug-likeness (QED) is 0.366. The van der Waals surface area contributed by atoms with Gasteiger partial charge in [0.05, 0.1) is 13.0 Å². The Balaban J connectivity index is 1.09. The van der Waals surface area contributed by atoms with Gasteiger partial charge in [-0.3, -0.25) is 9.59 Å². The average Bonchev–Trinajstić information content (AvgIpc) is 3.37. The van der Waals surface area contributed by atoms with Crippen LogP contribution in [0.3, 0.4) is 0 Å². The molecule has 1 aliphatic rings. The number of amides is 1. The summed E-state index contributed by atoms with van der Waals surface area (Å²) in [5, 5.41) is 2.85. The van der Waals surface area contributed by atoms with Gasteiger partial charge >= 0.3 is 5.97 Å². The molecule has 1 amide bonds. The highest BCUT2D eigenvalue weighted by Crippen LogP contribution is 2.27. The van der Waals surface area contributed by atoms with Crippen molar-refractivity contribution in [3.63, 3.8) is 0 Å². The van der Waals surface area contributed by atoms with E-state index in [2.05, 4.69) is 15.2 Å². The number of carbonyl (C=O) groups excluding carboxylic acids is 2. The van der Waals surface area contributed by atoms with E-state index in [9.17, 15) is 9.59 Å². The lowest BCUT2D eigenvalue weighted by Gasteiger charge is -2.29. The molecule has 1 fully saturated rings. The number of benzene rings is 3. The second kappa shape index (κ2) is 10.5. The molecule has 0 aliphatic carbocycles. The predicted molar refractivity (Wildman–Crippen MR) is 136 cm³/mol. The number of piperidine rings is 1. The molecule has 8 heteroatoms. The van der Waals surface area contributed by atoms with Crippen LogP contribution in [0.25, 0.3) is 11.1 Å². The zero-order valence-corrected chi connectivity index (χ0v) is 20.0. The minimum absolute atomic E-state index is 0.153. The summed E-state index contributed by atoms with van der Waals surface area (Å²) in [4.78, 5) is 31.7. The van der Waals surface area contributed by atoms with Gasteiger partial charge in [0.25, 0.3) is 11.9 Å². The van der Waals surface area contributed by atoms with Crippen LogP contribution in [0.1, 0.15) is 28.8 Å². The topological polar surface area (TPSA) is 93.9 Å². The molecule has 1 saturated heterocycles. The van der Waals surface area contributed by atoms with Gasteiger partial charge in [-0.15, -0.1) is 0 Å². The third-order valence-corrected chi connectivity index (χ3v) is 6.33. The smallest absolute Gasteiger partial charge is 0.309 e. The van der Waals surface area contributed by atoms with Crippen molar-refractivity contribution in [3.8, 4) is 5.75 Å². The molecule has 184 valence electrons. The van der Waals surface area contributed by atoms with Crippen molar-refractivity contribution in [2.45, 2.75) is 19.4 Å². The average molecular weight is 486 g/mol. The first-order valence-electron chi connectivity index (χ1n) is 11.9. The minimum Gasteiger partial charge on any atom is -0.497 e. The van der Waals surface area contributed by atoms with Crippen LogP contribution in [-0.2, 0) is 16.1 Å². The molecule has 1 N–H and O–H groups in total. The molecule has 0 radical (unpaired) electrons. The molecular weight excluding hydrogens is 458 g/mol. The Kier molecular flexibility index (Phi) is 6.84. The summed E-state index contributed by atoms with van der Waals surface area (Å²) in [6.45, 7) is 1.54. The molecule has 0 saturated carbocycles. The minimum atomic E-state index is -0.214. The number of nitrogens with one attached hydrogen (secondary N) is 1. The van der Waals surface area contributed by atoms with Crippen molar-refractivity contribution in [3.05, 3.63) is 83.9 Å². The van der Waals surface area contributed by atoms with Crippen molar-refractivity contribution < 1.29 is 23.5 Å². The zero-order chi connectivity index (χ0) is 24.9. The van der Waals surface area contributed by atoms with Gasteiger partial charge in [0.2, 0.25) is 0 Å². The largest absolute Gasteiger partial charge is 0.497 e. The molecule has 0 atom stereocenters. The van der Waals surface area contributed by atoms with E-state index in [-0.39, 0.29) is 24.4 Å². The number of aromatic nitrogens is 1. The van der Waals surface area contributed by atoms with Gasteiger partial charge in [0.1, 0.15) is 17.9 Å². The van der Waals surface area contributed by atoms with Crippen LogP contribution in [0.4, 0.5) is 11.7 Å². The van der Waals surface area contributed by atoms with Gasteiger partial charge in [-0.05, 0) is 66.9 Å². The summed E-state index contributed by atoms with van der Waals surface area (Å²) in [7, 11) is 1.59. The number of methoxy groups -OCH3 is 1. The number of esters is 1. The number of ether oxygens (including phenoxy) is 2. The van der Waals surface area contributed by atoms with E-state index in [1.807, 2.05) is 24.3 Å². The first kappa shape index (κ1) is 23.4. The van der Waals surface area contributed by atoms with Crippen molar-refractivity contribution in [2.24, 2.45) is 5.92 Å². The Morgan fingerprint density at radius 3 is 2.42 bits per heavy atom. The number of rotatable bonds is 7. The van der Waals surface area contributed by atoms with E-state index in [0.29, 0.717) is 43.2 Å². The number of para-hydroxylation sites is 2. The second-order valence-electron chi connectivity index (χ2n) is 8.71. The van der Waals surface area contributed by atoms with Crippen molar-refractivity contribution in [1.29, 1.82) is 0 Å². The van der Waals surface area contributed by atoms with Crippen LogP contribution >= 0.6 is 0 Å². The Hall–Kier alpha value is -4.33. The third kappa shape index (κ3) is 5.33. The first-order valence-corrected chi connectivity index (χ1v) is 11.9. The first-order chi connectivity index (χ1) is 17.6. The number of fused-ring (bicyclic) bond motifs is 1. The summed E-state index contributed by atoms with van der Waals surface area (Å²) in [5.74, 6) is 0.156. The fourth-order valence-electron chi connectivity index (χ4n) is 4.20. The van der Waals surface area contributed by atoms with Gasteiger partial charge in [-0.1, -0.05) is 24.3 Å². The lowest BCUT2D eigenvalue weighted by molar-refractivity contribution is -0.150. The number of anilines is 2. The van der Waals surface area contributed by atoms with E-state index in [4.69, 9.17) is 13.9 Å². The van der Waals surface area contributed by atoms with Crippen molar-refractivity contribution in [2.75, 3.05) is 30.4 Å². The van der Waals surface area contributed by atoms with Crippen molar-refractivity contribution >= 4 is 34.7 Å².